The highest BCUT2D eigenvalue weighted by molar-refractivity contribution is 5.93. The Labute approximate surface area is 142 Å². The first kappa shape index (κ1) is 14.0. The molecule has 122 valence electrons. The third-order valence-corrected chi connectivity index (χ3v) is 4.84. The van der Waals surface area contributed by atoms with Gasteiger partial charge in [-0.25, -0.2) is 0 Å². The van der Waals surface area contributed by atoms with Gasteiger partial charge in [0.15, 0.2) is 0 Å². The smallest absolute Gasteiger partial charge is 0.312 e. The van der Waals surface area contributed by atoms with Crippen LogP contribution in [0.5, 0.6) is 5.75 Å². The van der Waals surface area contributed by atoms with Crippen LogP contribution in [-0.4, -0.2) is 15.9 Å². The number of carbonyl (C=O) groups is 1. The molecule has 0 saturated carbocycles. The predicted octanol–water partition coefficient (Wildman–Crippen LogP) is 3.45. The molecule has 5 rings (SSSR count). The number of fused-ring (bicyclic) bond motifs is 4. The molecule has 0 fully saturated rings. The molecule has 0 aliphatic carbocycles. The van der Waals surface area contributed by atoms with Crippen LogP contribution in [0.15, 0.2) is 59.5 Å². The van der Waals surface area contributed by atoms with E-state index in [-0.39, 0.29) is 23.9 Å². The van der Waals surface area contributed by atoms with Gasteiger partial charge in [-0.2, -0.15) is 0 Å². The van der Waals surface area contributed by atoms with Gasteiger partial charge in [-0.1, -0.05) is 30.3 Å². The Hall–Kier alpha value is -3.34. The Morgan fingerprint density at radius 1 is 0.920 bits per heavy atom. The molecule has 2 aromatic heterocycles. The molecule has 2 aromatic carbocycles. The normalized spacial score (nSPS) is 16.8. The molecule has 5 heteroatoms. The Morgan fingerprint density at radius 3 is 2.48 bits per heavy atom. The molecule has 4 aromatic rings. The molecule has 0 spiro atoms. The highest BCUT2D eigenvalue weighted by atomic mass is 16.5. The van der Waals surface area contributed by atoms with Gasteiger partial charge in [-0.05, 0) is 23.8 Å². The van der Waals surface area contributed by atoms with Gasteiger partial charge in [0.05, 0.1) is 17.5 Å². The van der Waals surface area contributed by atoms with Crippen molar-refractivity contribution >= 4 is 27.8 Å². The quantitative estimate of drug-likeness (QED) is 0.525. The van der Waals surface area contributed by atoms with Crippen molar-refractivity contribution in [1.29, 1.82) is 0 Å². The number of nitrogens with one attached hydrogen (secondary N) is 2. The maximum Gasteiger partial charge on any atom is 0.312 e. The van der Waals surface area contributed by atoms with Crippen LogP contribution < -0.4 is 10.3 Å². The first-order valence-electron chi connectivity index (χ1n) is 8.14. The zero-order chi connectivity index (χ0) is 17.0. The fourth-order valence-electron chi connectivity index (χ4n) is 3.73. The molecule has 1 aliphatic heterocycles. The highest BCUT2D eigenvalue weighted by Crippen LogP contribution is 2.41. The van der Waals surface area contributed by atoms with Crippen molar-refractivity contribution in [2.24, 2.45) is 0 Å². The van der Waals surface area contributed by atoms with Gasteiger partial charge in [0.1, 0.15) is 5.75 Å². The highest BCUT2D eigenvalue weighted by Gasteiger charge is 2.33. The Morgan fingerprint density at radius 2 is 1.64 bits per heavy atom. The van der Waals surface area contributed by atoms with Crippen molar-refractivity contribution < 1.29 is 9.53 Å². The number of carbonyl (C=O) groups excluding carboxylic acids is 1. The Bertz CT molecular complexity index is 1200. The maximum absolute atomic E-state index is 12.8. The molecule has 0 unspecified atom stereocenters. The second kappa shape index (κ2) is 5.08. The summed E-state index contributed by atoms with van der Waals surface area (Å²) in [6.07, 6.45) is 2.03. The number of pyridine rings is 1. The second-order valence-electron chi connectivity index (χ2n) is 6.26. The molecular formula is C20H14N2O3. The summed E-state index contributed by atoms with van der Waals surface area (Å²) < 4.78 is 5.50. The zero-order valence-corrected chi connectivity index (χ0v) is 13.2. The Balaban J connectivity index is 1.83. The summed E-state index contributed by atoms with van der Waals surface area (Å²) >= 11 is 0. The van der Waals surface area contributed by atoms with Gasteiger partial charge in [0.2, 0.25) is 0 Å². The minimum Gasteiger partial charge on any atom is -0.425 e. The molecule has 2 N–H and O–H groups in total. The molecule has 1 atom stereocenters. The lowest BCUT2D eigenvalue weighted by atomic mass is 9.86. The standard InChI is InChI=1S/C20H14N2O3/c23-17-9-13(14-10-21-15-7-3-1-5-11(14)15)18-19(25-17)12-6-2-4-8-16(12)22-20(18)24/h1-8,10,13,21H,9H2,(H,22,24)/t13-/m1/s1. The first-order valence-corrected chi connectivity index (χ1v) is 8.14. The summed E-state index contributed by atoms with van der Waals surface area (Å²) in [5.74, 6) is -0.273. The average molecular weight is 330 g/mol. The summed E-state index contributed by atoms with van der Waals surface area (Å²) in [4.78, 5) is 31.2. The van der Waals surface area contributed by atoms with Gasteiger partial charge < -0.3 is 14.7 Å². The van der Waals surface area contributed by atoms with Crippen molar-refractivity contribution in [3.63, 3.8) is 0 Å². The van der Waals surface area contributed by atoms with E-state index < -0.39 is 0 Å². The maximum atomic E-state index is 12.8. The van der Waals surface area contributed by atoms with E-state index in [1.165, 1.54) is 0 Å². The van der Waals surface area contributed by atoms with E-state index in [1.807, 2.05) is 48.7 Å². The summed E-state index contributed by atoms with van der Waals surface area (Å²) in [6.45, 7) is 0. The number of aromatic amines is 2. The molecule has 0 amide bonds. The lowest BCUT2D eigenvalue weighted by Gasteiger charge is -2.24. The van der Waals surface area contributed by atoms with Crippen LogP contribution in [0, 0.1) is 0 Å². The lowest BCUT2D eigenvalue weighted by Crippen LogP contribution is -2.28. The van der Waals surface area contributed by atoms with E-state index in [1.54, 1.807) is 6.07 Å². The van der Waals surface area contributed by atoms with E-state index >= 15 is 0 Å². The summed E-state index contributed by atoms with van der Waals surface area (Å²) in [5.41, 5.74) is 2.89. The number of para-hydroxylation sites is 2. The topological polar surface area (TPSA) is 75.0 Å². The van der Waals surface area contributed by atoms with Crippen molar-refractivity contribution in [3.8, 4) is 5.75 Å². The van der Waals surface area contributed by atoms with Gasteiger partial charge >= 0.3 is 5.97 Å². The number of esters is 1. The number of rotatable bonds is 1. The van der Waals surface area contributed by atoms with Gasteiger partial charge in [-0.3, -0.25) is 9.59 Å². The molecule has 0 radical (unpaired) electrons. The van der Waals surface area contributed by atoms with E-state index in [9.17, 15) is 9.59 Å². The minimum atomic E-state index is -0.333. The number of hydrogen-bond acceptors (Lipinski definition) is 3. The van der Waals surface area contributed by atoms with Crippen LogP contribution in [0.1, 0.15) is 23.5 Å². The van der Waals surface area contributed by atoms with Crippen molar-refractivity contribution in [2.75, 3.05) is 0 Å². The minimum absolute atomic E-state index is 0.149. The SMILES string of the molecule is O=C1C[C@H](c2c[nH]c3ccccc23)c2c(c3ccccc3[nH]c2=O)O1. The summed E-state index contributed by atoms with van der Waals surface area (Å²) in [7, 11) is 0. The molecular weight excluding hydrogens is 316 g/mol. The van der Waals surface area contributed by atoms with Crippen LogP contribution >= 0.6 is 0 Å². The van der Waals surface area contributed by atoms with Crippen LogP contribution in [0.4, 0.5) is 0 Å². The van der Waals surface area contributed by atoms with E-state index in [0.717, 1.165) is 21.9 Å². The van der Waals surface area contributed by atoms with Crippen LogP contribution in [-0.2, 0) is 4.79 Å². The fourth-order valence-corrected chi connectivity index (χ4v) is 3.73. The summed E-state index contributed by atoms with van der Waals surface area (Å²) in [6, 6.07) is 15.2. The van der Waals surface area contributed by atoms with E-state index in [0.29, 0.717) is 16.8 Å². The number of H-pyrrole nitrogens is 2. The zero-order valence-electron chi connectivity index (χ0n) is 13.2. The summed E-state index contributed by atoms with van der Waals surface area (Å²) in [5, 5.41) is 1.76. The third kappa shape index (κ3) is 2.02. The molecule has 0 bridgehead atoms. The molecule has 25 heavy (non-hydrogen) atoms. The second-order valence-corrected chi connectivity index (χ2v) is 6.26. The van der Waals surface area contributed by atoms with E-state index in [4.69, 9.17) is 4.74 Å². The van der Waals surface area contributed by atoms with Crippen molar-refractivity contribution in [2.45, 2.75) is 12.3 Å². The van der Waals surface area contributed by atoms with E-state index in [2.05, 4.69) is 9.97 Å². The van der Waals surface area contributed by atoms with Gasteiger partial charge in [0.25, 0.3) is 5.56 Å². The van der Waals surface area contributed by atoms with Gasteiger partial charge in [0, 0.05) is 28.4 Å². The monoisotopic (exact) mass is 330 g/mol. The van der Waals surface area contributed by atoms with Crippen LogP contribution in [0.2, 0.25) is 0 Å². The fraction of sp³-hybridized carbons (Fsp3) is 0.100. The molecule has 3 heterocycles. The molecule has 1 aliphatic rings. The third-order valence-electron chi connectivity index (χ3n) is 4.84. The Kier molecular flexibility index (Phi) is 2.85. The van der Waals surface area contributed by atoms with Crippen LogP contribution in [0.3, 0.4) is 0 Å². The predicted molar refractivity (Wildman–Crippen MR) is 95.0 cm³/mol. The van der Waals surface area contributed by atoms with Crippen molar-refractivity contribution in [1.82, 2.24) is 9.97 Å². The number of aromatic nitrogens is 2. The van der Waals surface area contributed by atoms with Gasteiger partial charge in [-0.15, -0.1) is 0 Å². The first-order chi connectivity index (χ1) is 12.2. The number of hydrogen-bond donors (Lipinski definition) is 2. The number of benzene rings is 2. The molecule has 5 nitrogen and oxygen atoms in total. The number of ether oxygens (including phenoxy) is 1. The lowest BCUT2D eigenvalue weighted by molar-refractivity contribution is -0.135. The van der Waals surface area contributed by atoms with Crippen LogP contribution in [0.25, 0.3) is 21.8 Å². The largest absolute Gasteiger partial charge is 0.425 e. The molecule has 0 saturated heterocycles. The van der Waals surface area contributed by atoms with Crippen molar-refractivity contribution in [3.05, 3.63) is 76.2 Å². The average Bonchev–Trinajstić information content (AvgIpc) is 3.05.